The number of nitrogens with one attached hydrogen (secondary N) is 3. The summed E-state index contributed by atoms with van der Waals surface area (Å²) >= 11 is 0. The number of anilines is 1. The standard InChI is InChI=1S/C14H18N4O2/c1-8(19)9-5-10(15-7-9)13(20)16-12-6-11(17-18-12)14(2,3)4/h5-7,15H,1-4H3,(H2,16,17,18,20). The molecule has 0 aliphatic heterocycles. The van der Waals surface area contributed by atoms with Gasteiger partial charge in [-0.3, -0.25) is 14.7 Å². The van der Waals surface area contributed by atoms with Gasteiger partial charge in [0.25, 0.3) is 5.91 Å². The first-order valence-corrected chi connectivity index (χ1v) is 6.34. The number of ketones is 1. The maximum absolute atomic E-state index is 12.0. The summed E-state index contributed by atoms with van der Waals surface area (Å²) in [7, 11) is 0. The van der Waals surface area contributed by atoms with Gasteiger partial charge in [-0.25, -0.2) is 0 Å². The lowest BCUT2D eigenvalue weighted by molar-refractivity contribution is 0.101. The van der Waals surface area contributed by atoms with Crippen LogP contribution in [0.5, 0.6) is 0 Å². The Labute approximate surface area is 117 Å². The number of carbonyl (C=O) groups is 2. The molecular formula is C14H18N4O2. The quantitative estimate of drug-likeness (QED) is 0.751. The average Bonchev–Trinajstić information content (AvgIpc) is 2.95. The average molecular weight is 274 g/mol. The molecule has 2 aromatic rings. The molecule has 2 rings (SSSR count). The molecule has 2 aromatic heterocycles. The van der Waals surface area contributed by atoms with Gasteiger partial charge in [0.2, 0.25) is 0 Å². The molecule has 1 amide bonds. The number of nitrogens with zero attached hydrogens (tertiary/aromatic N) is 1. The summed E-state index contributed by atoms with van der Waals surface area (Å²) in [6.07, 6.45) is 1.52. The van der Waals surface area contributed by atoms with Crippen molar-refractivity contribution in [2.75, 3.05) is 5.32 Å². The van der Waals surface area contributed by atoms with E-state index >= 15 is 0 Å². The summed E-state index contributed by atoms with van der Waals surface area (Å²) in [6, 6.07) is 3.32. The first-order valence-electron chi connectivity index (χ1n) is 6.34. The Morgan fingerprint density at radius 3 is 2.45 bits per heavy atom. The third kappa shape index (κ3) is 2.96. The second-order valence-corrected chi connectivity index (χ2v) is 5.73. The molecule has 6 nitrogen and oxygen atoms in total. The van der Waals surface area contributed by atoms with E-state index in [9.17, 15) is 9.59 Å². The lowest BCUT2D eigenvalue weighted by atomic mass is 9.92. The van der Waals surface area contributed by atoms with Crippen LogP contribution in [0.3, 0.4) is 0 Å². The van der Waals surface area contributed by atoms with Crippen molar-refractivity contribution in [3.05, 3.63) is 35.3 Å². The Morgan fingerprint density at radius 2 is 1.95 bits per heavy atom. The Kier molecular flexibility index (Phi) is 3.48. The number of carbonyl (C=O) groups excluding carboxylic acids is 2. The van der Waals surface area contributed by atoms with Gasteiger partial charge < -0.3 is 10.3 Å². The maximum Gasteiger partial charge on any atom is 0.273 e. The van der Waals surface area contributed by atoms with Gasteiger partial charge >= 0.3 is 0 Å². The summed E-state index contributed by atoms with van der Waals surface area (Å²) in [5, 5.41) is 9.63. The van der Waals surface area contributed by atoms with Crippen LogP contribution in [-0.4, -0.2) is 26.9 Å². The van der Waals surface area contributed by atoms with E-state index in [2.05, 4.69) is 41.3 Å². The van der Waals surface area contributed by atoms with Crippen LogP contribution in [0.25, 0.3) is 0 Å². The SMILES string of the molecule is CC(=O)c1c[nH]c(C(=O)Nc2cc(C(C)(C)C)[nH]n2)c1. The van der Waals surface area contributed by atoms with Crippen molar-refractivity contribution in [1.29, 1.82) is 0 Å². The van der Waals surface area contributed by atoms with Crippen molar-refractivity contribution < 1.29 is 9.59 Å². The Balaban J connectivity index is 2.11. The summed E-state index contributed by atoms with van der Waals surface area (Å²) in [4.78, 5) is 26.0. The van der Waals surface area contributed by atoms with E-state index in [-0.39, 0.29) is 17.1 Å². The largest absolute Gasteiger partial charge is 0.356 e. The molecule has 0 bridgehead atoms. The van der Waals surface area contributed by atoms with E-state index in [0.717, 1.165) is 5.69 Å². The minimum Gasteiger partial charge on any atom is -0.356 e. The van der Waals surface area contributed by atoms with Crippen molar-refractivity contribution in [2.45, 2.75) is 33.1 Å². The molecule has 0 spiro atoms. The number of hydrogen-bond acceptors (Lipinski definition) is 3. The smallest absolute Gasteiger partial charge is 0.273 e. The van der Waals surface area contributed by atoms with Crippen molar-refractivity contribution in [3.8, 4) is 0 Å². The molecule has 0 aliphatic rings. The third-order valence-corrected chi connectivity index (χ3v) is 2.96. The molecule has 0 aliphatic carbocycles. The van der Waals surface area contributed by atoms with Gasteiger partial charge in [0, 0.05) is 28.9 Å². The molecule has 20 heavy (non-hydrogen) atoms. The summed E-state index contributed by atoms with van der Waals surface area (Å²) in [6.45, 7) is 7.61. The normalized spacial score (nSPS) is 11.4. The van der Waals surface area contributed by atoms with E-state index < -0.39 is 0 Å². The first kappa shape index (κ1) is 14.0. The van der Waals surface area contributed by atoms with Crippen molar-refractivity contribution in [1.82, 2.24) is 15.2 Å². The molecule has 3 N–H and O–H groups in total. The van der Waals surface area contributed by atoms with Gasteiger partial charge in [0.05, 0.1) is 0 Å². The Morgan fingerprint density at radius 1 is 1.25 bits per heavy atom. The summed E-state index contributed by atoms with van der Waals surface area (Å²) < 4.78 is 0. The minimum absolute atomic E-state index is 0.0653. The van der Waals surface area contributed by atoms with Crippen LogP contribution < -0.4 is 5.32 Å². The molecule has 6 heteroatoms. The number of hydrogen-bond donors (Lipinski definition) is 3. The predicted molar refractivity (Wildman–Crippen MR) is 76.0 cm³/mol. The van der Waals surface area contributed by atoms with Crippen molar-refractivity contribution in [3.63, 3.8) is 0 Å². The fourth-order valence-electron chi connectivity index (χ4n) is 1.68. The van der Waals surface area contributed by atoms with Gasteiger partial charge in [-0.2, -0.15) is 5.10 Å². The Bertz CT molecular complexity index is 646. The Hall–Kier alpha value is -2.37. The monoisotopic (exact) mass is 274 g/mol. The predicted octanol–water partition coefficient (Wildman–Crippen LogP) is 2.49. The van der Waals surface area contributed by atoms with Crippen LogP contribution >= 0.6 is 0 Å². The first-order chi connectivity index (χ1) is 9.27. The maximum atomic E-state index is 12.0. The summed E-state index contributed by atoms with van der Waals surface area (Å²) in [5.74, 6) is 0.0402. The second-order valence-electron chi connectivity index (χ2n) is 5.73. The van der Waals surface area contributed by atoms with Crippen LogP contribution in [0.4, 0.5) is 5.82 Å². The van der Waals surface area contributed by atoms with Gasteiger partial charge in [-0.15, -0.1) is 0 Å². The zero-order valence-electron chi connectivity index (χ0n) is 12.0. The zero-order valence-corrected chi connectivity index (χ0v) is 12.0. The number of aromatic nitrogens is 3. The van der Waals surface area contributed by atoms with E-state index in [4.69, 9.17) is 0 Å². The number of amides is 1. The molecule has 0 unspecified atom stereocenters. The fraction of sp³-hybridized carbons (Fsp3) is 0.357. The van der Waals surface area contributed by atoms with Gasteiger partial charge in [-0.05, 0) is 13.0 Å². The number of aromatic amines is 2. The molecule has 106 valence electrons. The molecule has 0 radical (unpaired) electrons. The molecule has 0 atom stereocenters. The summed E-state index contributed by atoms with van der Waals surface area (Å²) in [5.41, 5.74) is 1.68. The van der Waals surface area contributed by atoms with Crippen LogP contribution in [0.2, 0.25) is 0 Å². The van der Waals surface area contributed by atoms with Crippen LogP contribution in [0.1, 0.15) is 54.2 Å². The highest BCUT2D eigenvalue weighted by Crippen LogP contribution is 2.22. The molecular weight excluding hydrogens is 256 g/mol. The number of H-pyrrole nitrogens is 2. The van der Waals surface area contributed by atoms with E-state index in [1.807, 2.05) is 0 Å². The highest BCUT2D eigenvalue weighted by atomic mass is 16.2. The van der Waals surface area contributed by atoms with Gasteiger partial charge in [0.1, 0.15) is 5.69 Å². The van der Waals surface area contributed by atoms with Gasteiger partial charge in [-0.1, -0.05) is 20.8 Å². The fourth-order valence-corrected chi connectivity index (χ4v) is 1.68. The highest BCUT2D eigenvalue weighted by Gasteiger charge is 2.18. The number of rotatable bonds is 3. The van der Waals surface area contributed by atoms with Crippen molar-refractivity contribution >= 4 is 17.5 Å². The van der Waals surface area contributed by atoms with Crippen molar-refractivity contribution in [2.24, 2.45) is 0 Å². The van der Waals surface area contributed by atoms with Gasteiger partial charge in [0.15, 0.2) is 11.6 Å². The lowest BCUT2D eigenvalue weighted by Crippen LogP contribution is -2.13. The third-order valence-electron chi connectivity index (χ3n) is 2.96. The van der Waals surface area contributed by atoms with Crippen LogP contribution in [0, 0.1) is 0 Å². The molecule has 0 saturated carbocycles. The molecule has 0 saturated heterocycles. The van der Waals surface area contributed by atoms with Crippen LogP contribution in [0.15, 0.2) is 18.3 Å². The van der Waals surface area contributed by atoms with Crippen LogP contribution in [-0.2, 0) is 5.41 Å². The molecule has 0 aromatic carbocycles. The van der Waals surface area contributed by atoms with E-state index in [1.54, 1.807) is 6.07 Å². The topological polar surface area (TPSA) is 90.6 Å². The molecule has 0 fully saturated rings. The van der Waals surface area contributed by atoms with E-state index in [1.165, 1.54) is 19.2 Å². The zero-order chi connectivity index (χ0) is 14.9. The van der Waals surface area contributed by atoms with E-state index in [0.29, 0.717) is 17.1 Å². The minimum atomic E-state index is -0.329. The highest BCUT2D eigenvalue weighted by molar-refractivity contribution is 6.04. The number of Topliss-reactive ketones (excluding diaryl/α,β-unsaturated/α-hetero) is 1. The molecule has 2 heterocycles. The second kappa shape index (κ2) is 4.96. The lowest BCUT2D eigenvalue weighted by Gasteiger charge is -2.14.